The fraction of sp³-hybridized carbons (Fsp3) is 0.0870. The van der Waals surface area contributed by atoms with Crippen LogP contribution in [0.4, 0.5) is 5.69 Å². The number of para-hydroxylation sites is 1. The SMILES string of the molecule is COc1cccc(OCC(=O)Nc2ccc(-c3nc4ccccc4c(=O)o3)cc2)c1. The number of fused-ring (bicyclic) bond motifs is 1. The van der Waals surface area contributed by atoms with Gasteiger partial charge < -0.3 is 19.2 Å². The van der Waals surface area contributed by atoms with E-state index in [9.17, 15) is 9.59 Å². The van der Waals surface area contributed by atoms with Crippen molar-refractivity contribution in [2.75, 3.05) is 19.0 Å². The average Bonchev–Trinajstić information content (AvgIpc) is 2.78. The van der Waals surface area contributed by atoms with Gasteiger partial charge in [-0.1, -0.05) is 18.2 Å². The number of hydrogen-bond donors (Lipinski definition) is 1. The Balaban J connectivity index is 1.42. The van der Waals surface area contributed by atoms with Crippen LogP contribution >= 0.6 is 0 Å². The number of methoxy groups -OCH3 is 1. The molecule has 4 aromatic rings. The van der Waals surface area contributed by atoms with Crippen LogP contribution in [-0.4, -0.2) is 24.6 Å². The molecule has 0 saturated heterocycles. The van der Waals surface area contributed by atoms with E-state index in [1.807, 2.05) is 6.07 Å². The minimum atomic E-state index is -0.442. The molecule has 7 heteroatoms. The van der Waals surface area contributed by atoms with E-state index < -0.39 is 5.63 Å². The molecular formula is C23H18N2O5. The molecule has 1 aromatic heterocycles. The third kappa shape index (κ3) is 4.30. The summed E-state index contributed by atoms with van der Waals surface area (Å²) in [5.41, 5.74) is 1.34. The topological polar surface area (TPSA) is 90.7 Å². The summed E-state index contributed by atoms with van der Waals surface area (Å²) in [6, 6.07) is 20.9. The van der Waals surface area contributed by atoms with Crippen LogP contribution in [0.5, 0.6) is 11.5 Å². The summed E-state index contributed by atoms with van der Waals surface area (Å²) in [6.07, 6.45) is 0. The summed E-state index contributed by atoms with van der Waals surface area (Å²) in [7, 11) is 1.56. The molecule has 30 heavy (non-hydrogen) atoms. The average molecular weight is 402 g/mol. The second-order valence-electron chi connectivity index (χ2n) is 6.42. The van der Waals surface area contributed by atoms with Gasteiger partial charge in [0.15, 0.2) is 6.61 Å². The number of amides is 1. The van der Waals surface area contributed by atoms with Crippen LogP contribution in [0.1, 0.15) is 0 Å². The van der Waals surface area contributed by atoms with Gasteiger partial charge in [-0.15, -0.1) is 0 Å². The van der Waals surface area contributed by atoms with Crippen LogP contribution in [-0.2, 0) is 4.79 Å². The minimum Gasteiger partial charge on any atom is -0.497 e. The number of nitrogens with zero attached hydrogens (tertiary/aromatic N) is 1. The van der Waals surface area contributed by atoms with Crippen molar-refractivity contribution in [1.29, 1.82) is 0 Å². The predicted molar refractivity (Wildman–Crippen MR) is 113 cm³/mol. The third-order valence-electron chi connectivity index (χ3n) is 4.36. The molecule has 0 aliphatic rings. The first kappa shape index (κ1) is 19.2. The van der Waals surface area contributed by atoms with Crippen LogP contribution in [0.3, 0.4) is 0 Å². The highest BCUT2D eigenvalue weighted by atomic mass is 16.5. The van der Waals surface area contributed by atoms with Crippen molar-refractivity contribution in [2.45, 2.75) is 0 Å². The molecule has 0 bridgehead atoms. The summed E-state index contributed by atoms with van der Waals surface area (Å²) in [5.74, 6) is 1.11. The van der Waals surface area contributed by atoms with Gasteiger partial charge >= 0.3 is 5.63 Å². The summed E-state index contributed by atoms with van der Waals surface area (Å²) in [6.45, 7) is -0.143. The molecule has 1 heterocycles. The molecule has 150 valence electrons. The van der Waals surface area contributed by atoms with Gasteiger partial charge in [-0.3, -0.25) is 4.79 Å². The number of nitrogens with one attached hydrogen (secondary N) is 1. The number of hydrogen-bond acceptors (Lipinski definition) is 6. The van der Waals surface area contributed by atoms with Crippen molar-refractivity contribution in [3.8, 4) is 23.0 Å². The van der Waals surface area contributed by atoms with E-state index in [4.69, 9.17) is 13.9 Å². The van der Waals surface area contributed by atoms with Gasteiger partial charge in [-0.05, 0) is 48.5 Å². The molecule has 3 aromatic carbocycles. The first-order valence-electron chi connectivity index (χ1n) is 9.19. The second-order valence-corrected chi connectivity index (χ2v) is 6.42. The van der Waals surface area contributed by atoms with E-state index in [2.05, 4.69) is 10.3 Å². The molecule has 4 rings (SSSR count). The first-order valence-corrected chi connectivity index (χ1v) is 9.19. The summed E-state index contributed by atoms with van der Waals surface area (Å²) < 4.78 is 15.9. The number of carbonyl (C=O) groups is 1. The largest absolute Gasteiger partial charge is 0.497 e. The van der Waals surface area contributed by atoms with Crippen LogP contribution < -0.4 is 20.4 Å². The van der Waals surface area contributed by atoms with E-state index in [0.29, 0.717) is 33.7 Å². The smallest absolute Gasteiger partial charge is 0.347 e. The second kappa shape index (κ2) is 8.48. The molecule has 1 amide bonds. The first-order chi connectivity index (χ1) is 14.6. The lowest BCUT2D eigenvalue weighted by Crippen LogP contribution is -2.20. The number of aromatic nitrogens is 1. The van der Waals surface area contributed by atoms with Crippen LogP contribution in [0.15, 0.2) is 82.0 Å². The number of benzene rings is 3. The molecule has 0 aliphatic heterocycles. The van der Waals surface area contributed by atoms with Crippen LogP contribution in [0.2, 0.25) is 0 Å². The van der Waals surface area contributed by atoms with Gasteiger partial charge in [0.1, 0.15) is 11.5 Å². The van der Waals surface area contributed by atoms with Crippen molar-refractivity contribution < 1.29 is 18.7 Å². The maximum atomic E-state index is 12.1. The number of rotatable bonds is 6. The zero-order valence-corrected chi connectivity index (χ0v) is 16.1. The lowest BCUT2D eigenvalue weighted by molar-refractivity contribution is -0.118. The van der Waals surface area contributed by atoms with Crippen molar-refractivity contribution >= 4 is 22.5 Å². The molecule has 0 saturated carbocycles. The lowest BCUT2D eigenvalue weighted by Gasteiger charge is -2.09. The molecule has 0 fully saturated rings. The third-order valence-corrected chi connectivity index (χ3v) is 4.36. The monoisotopic (exact) mass is 402 g/mol. The molecule has 1 N–H and O–H groups in total. The van der Waals surface area contributed by atoms with E-state index in [0.717, 1.165) is 0 Å². The quantitative estimate of drug-likeness (QED) is 0.526. The summed E-state index contributed by atoms with van der Waals surface area (Å²) in [4.78, 5) is 28.7. The van der Waals surface area contributed by atoms with Gasteiger partial charge in [0.2, 0.25) is 5.89 Å². The van der Waals surface area contributed by atoms with Gasteiger partial charge in [0.25, 0.3) is 5.91 Å². The summed E-state index contributed by atoms with van der Waals surface area (Å²) in [5, 5.41) is 3.18. The Morgan fingerprint density at radius 1 is 1.00 bits per heavy atom. The maximum Gasteiger partial charge on any atom is 0.347 e. The van der Waals surface area contributed by atoms with Crippen molar-refractivity contribution in [3.05, 3.63) is 83.2 Å². The Bertz CT molecular complexity index is 1250. The van der Waals surface area contributed by atoms with Gasteiger partial charge in [0.05, 0.1) is 18.0 Å². The molecule has 0 unspecified atom stereocenters. The number of carbonyl (C=O) groups excluding carboxylic acids is 1. The van der Waals surface area contributed by atoms with Crippen LogP contribution in [0.25, 0.3) is 22.4 Å². The number of ether oxygens (including phenoxy) is 2. The number of anilines is 1. The molecule has 0 aliphatic carbocycles. The van der Waals surface area contributed by atoms with E-state index in [1.165, 1.54) is 0 Å². The molecule has 0 radical (unpaired) electrons. The maximum absolute atomic E-state index is 12.1. The van der Waals surface area contributed by atoms with Crippen molar-refractivity contribution in [3.63, 3.8) is 0 Å². The molecule has 0 atom stereocenters. The Morgan fingerprint density at radius 2 is 1.77 bits per heavy atom. The normalized spacial score (nSPS) is 10.6. The molecular weight excluding hydrogens is 384 g/mol. The van der Waals surface area contributed by atoms with Gasteiger partial charge in [-0.25, -0.2) is 9.78 Å². The van der Waals surface area contributed by atoms with Crippen molar-refractivity contribution in [2.24, 2.45) is 0 Å². The fourth-order valence-electron chi connectivity index (χ4n) is 2.88. The van der Waals surface area contributed by atoms with E-state index in [1.54, 1.807) is 73.8 Å². The Labute approximate surface area is 171 Å². The predicted octanol–water partition coefficient (Wildman–Crippen LogP) is 3.88. The van der Waals surface area contributed by atoms with E-state index in [-0.39, 0.29) is 18.4 Å². The summed E-state index contributed by atoms with van der Waals surface area (Å²) >= 11 is 0. The van der Waals surface area contributed by atoms with E-state index >= 15 is 0 Å². The Kier molecular flexibility index (Phi) is 5.43. The Hall–Kier alpha value is -4.13. The highest BCUT2D eigenvalue weighted by molar-refractivity contribution is 5.92. The van der Waals surface area contributed by atoms with Gasteiger partial charge in [0, 0.05) is 17.3 Å². The molecule has 0 spiro atoms. The zero-order valence-electron chi connectivity index (χ0n) is 16.1. The minimum absolute atomic E-state index is 0.143. The zero-order chi connectivity index (χ0) is 20.9. The Morgan fingerprint density at radius 3 is 2.57 bits per heavy atom. The highest BCUT2D eigenvalue weighted by Gasteiger charge is 2.09. The van der Waals surface area contributed by atoms with Crippen LogP contribution in [0, 0.1) is 0 Å². The molecule has 7 nitrogen and oxygen atoms in total. The highest BCUT2D eigenvalue weighted by Crippen LogP contribution is 2.21. The van der Waals surface area contributed by atoms with Gasteiger partial charge in [-0.2, -0.15) is 0 Å². The standard InChI is InChI=1S/C23H18N2O5/c1-28-17-5-4-6-18(13-17)29-14-21(26)24-16-11-9-15(10-12-16)22-25-20-8-3-2-7-19(20)23(27)30-22/h2-13H,14H2,1H3,(H,24,26). The fourth-order valence-corrected chi connectivity index (χ4v) is 2.88. The lowest BCUT2D eigenvalue weighted by atomic mass is 10.2. The van der Waals surface area contributed by atoms with Crippen molar-refractivity contribution in [1.82, 2.24) is 4.98 Å².